The molecule has 2 rings (SSSR count). The quantitative estimate of drug-likeness (QED) is 0.234. The molecule has 0 fully saturated rings. The minimum Gasteiger partial charge on any atom is -0.308 e. The molecule has 22 heavy (non-hydrogen) atoms. The average Bonchev–Trinajstić information content (AvgIpc) is 3.01. The molecule has 0 aliphatic carbocycles. The molecule has 0 aliphatic heterocycles. The van der Waals surface area contributed by atoms with Crippen LogP contribution < -0.4 is 11.3 Å². The predicted octanol–water partition coefficient (Wildman–Crippen LogP) is -0.641. The van der Waals surface area contributed by atoms with Crippen molar-refractivity contribution in [1.29, 1.82) is 0 Å². The Morgan fingerprint density at radius 1 is 1.55 bits per heavy atom. The Labute approximate surface area is 129 Å². The van der Waals surface area contributed by atoms with Crippen LogP contribution in [0.25, 0.3) is 0 Å². The third-order valence-corrected chi connectivity index (χ3v) is 3.86. The number of nitrogens with one attached hydrogen (secondary N) is 1. The molecule has 0 saturated heterocycles. The monoisotopic (exact) mass is 326 g/mol. The van der Waals surface area contributed by atoms with Gasteiger partial charge in [0.05, 0.1) is 10.7 Å². The largest absolute Gasteiger partial charge is 0.309 e. The maximum absolute atomic E-state index is 11.1. The number of hydrogen-bond acceptors (Lipinski definition) is 8. The van der Waals surface area contributed by atoms with Gasteiger partial charge < -0.3 is 4.57 Å². The second-order valence-electron chi connectivity index (χ2n) is 4.37. The third-order valence-electron chi connectivity index (χ3n) is 2.84. The fourth-order valence-electron chi connectivity index (χ4n) is 1.69. The molecule has 1 amide bonds. The number of aromatic nitrogens is 5. The summed E-state index contributed by atoms with van der Waals surface area (Å²) in [5.74, 6) is 5.36. The van der Waals surface area contributed by atoms with Crippen molar-refractivity contribution in [2.24, 2.45) is 12.9 Å². The van der Waals surface area contributed by atoms with Gasteiger partial charge in [-0.15, -0.1) is 10.2 Å². The molecule has 12 heteroatoms. The van der Waals surface area contributed by atoms with Gasteiger partial charge in [-0.3, -0.25) is 25.0 Å². The van der Waals surface area contributed by atoms with E-state index in [-0.39, 0.29) is 23.9 Å². The van der Waals surface area contributed by atoms with Crippen LogP contribution in [0.3, 0.4) is 0 Å². The third kappa shape index (κ3) is 3.40. The highest BCUT2D eigenvalue weighted by molar-refractivity contribution is 7.99. The van der Waals surface area contributed by atoms with E-state index in [1.54, 1.807) is 18.5 Å². The molecule has 3 N–H and O–H groups in total. The molecule has 0 aliphatic rings. The van der Waals surface area contributed by atoms with Crippen LogP contribution in [-0.4, -0.2) is 41.1 Å². The Bertz CT molecular complexity index is 709. The SMILES string of the molecule is Cc1nn(Cc2nnc(SCC(=O)NN)n2C)cc1[N+](=O)[O-]. The van der Waals surface area contributed by atoms with E-state index >= 15 is 0 Å². The van der Waals surface area contributed by atoms with Gasteiger partial charge >= 0.3 is 5.69 Å². The zero-order valence-corrected chi connectivity index (χ0v) is 12.7. The van der Waals surface area contributed by atoms with Crippen LogP contribution in [0.4, 0.5) is 5.69 Å². The highest BCUT2D eigenvalue weighted by atomic mass is 32.2. The van der Waals surface area contributed by atoms with E-state index in [1.165, 1.54) is 22.6 Å². The van der Waals surface area contributed by atoms with Crippen molar-refractivity contribution < 1.29 is 9.72 Å². The van der Waals surface area contributed by atoms with Crippen molar-refractivity contribution in [3.05, 3.63) is 27.8 Å². The summed E-state index contributed by atoms with van der Waals surface area (Å²) in [5, 5.41) is 23.4. The number of carbonyl (C=O) groups excluding carboxylic acids is 1. The average molecular weight is 326 g/mol. The lowest BCUT2D eigenvalue weighted by Gasteiger charge is -2.03. The van der Waals surface area contributed by atoms with E-state index in [2.05, 4.69) is 15.3 Å². The van der Waals surface area contributed by atoms with Gasteiger partial charge in [0.25, 0.3) is 0 Å². The first kappa shape index (κ1) is 15.9. The number of nitrogens with zero attached hydrogens (tertiary/aromatic N) is 6. The normalized spacial score (nSPS) is 10.7. The Morgan fingerprint density at radius 3 is 2.86 bits per heavy atom. The van der Waals surface area contributed by atoms with Crippen molar-refractivity contribution in [1.82, 2.24) is 30.0 Å². The van der Waals surface area contributed by atoms with Crippen LogP contribution in [0.2, 0.25) is 0 Å². The maximum atomic E-state index is 11.1. The Kier molecular flexibility index (Phi) is 4.72. The number of rotatable bonds is 6. The molecule has 0 atom stereocenters. The summed E-state index contributed by atoms with van der Waals surface area (Å²) in [4.78, 5) is 21.4. The number of carbonyl (C=O) groups is 1. The topological polar surface area (TPSA) is 147 Å². The van der Waals surface area contributed by atoms with E-state index in [9.17, 15) is 14.9 Å². The van der Waals surface area contributed by atoms with E-state index in [0.717, 1.165) is 0 Å². The first-order valence-corrected chi connectivity index (χ1v) is 7.10. The van der Waals surface area contributed by atoms with Crippen molar-refractivity contribution in [2.75, 3.05) is 5.75 Å². The minimum absolute atomic E-state index is 0.0450. The molecular weight excluding hydrogens is 312 g/mol. The van der Waals surface area contributed by atoms with Gasteiger partial charge in [-0.1, -0.05) is 11.8 Å². The van der Waals surface area contributed by atoms with Gasteiger partial charge in [-0.2, -0.15) is 5.10 Å². The van der Waals surface area contributed by atoms with Gasteiger partial charge in [0.15, 0.2) is 11.0 Å². The highest BCUT2D eigenvalue weighted by Crippen LogP contribution is 2.18. The van der Waals surface area contributed by atoms with E-state index < -0.39 is 4.92 Å². The van der Waals surface area contributed by atoms with E-state index in [4.69, 9.17) is 5.84 Å². The molecule has 2 heterocycles. The number of hydrazine groups is 1. The number of nitro groups is 1. The summed E-state index contributed by atoms with van der Waals surface area (Å²) in [7, 11) is 1.74. The van der Waals surface area contributed by atoms with Crippen molar-refractivity contribution >= 4 is 23.4 Å². The maximum Gasteiger partial charge on any atom is 0.309 e. The molecule has 0 aromatic carbocycles. The van der Waals surface area contributed by atoms with Crippen LogP contribution in [0.1, 0.15) is 11.5 Å². The minimum atomic E-state index is -0.484. The Morgan fingerprint density at radius 2 is 2.27 bits per heavy atom. The fourth-order valence-corrected chi connectivity index (χ4v) is 2.43. The summed E-state index contributed by atoms with van der Waals surface area (Å²) in [6, 6.07) is 0. The number of nitrogens with two attached hydrogens (primary N) is 1. The van der Waals surface area contributed by atoms with Crippen molar-refractivity contribution in [3.63, 3.8) is 0 Å². The van der Waals surface area contributed by atoms with Crippen molar-refractivity contribution in [2.45, 2.75) is 18.6 Å². The van der Waals surface area contributed by atoms with Gasteiger partial charge in [-0.25, -0.2) is 5.84 Å². The van der Waals surface area contributed by atoms with Crippen LogP contribution in [0.15, 0.2) is 11.4 Å². The van der Waals surface area contributed by atoms with Crippen LogP contribution in [0, 0.1) is 17.0 Å². The standard InChI is InChI=1S/C10H14N8O3S/c1-6-7(18(20)21)3-17(15-6)4-8-13-14-10(16(8)2)22-5-9(19)12-11/h3H,4-5,11H2,1-2H3,(H,12,19). The first-order valence-electron chi connectivity index (χ1n) is 6.11. The molecule has 0 bridgehead atoms. The number of thioether (sulfide) groups is 1. The summed E-state index contributed by atoms with van der Waals surface area (Å²) in [6.45, 7) is 1.81. The lowest BCUT2D eigenvalue weighted by atomic mass is 10.4. The lowest BCUT2D eigenvalue weighted by molar-refractivity contribution is -0.385. The molecule has 0 spiro atoms. The van der Waals surface area contributed by atoms with E-state index in [0.29, 0.717) is 16.7 Å². The number of aryl methyl sites for hydroxylation is 1. The Balaban J connectivity index is 2.11. The first-order chi connectivity index (χ1) is 10.4. The molecule has 2 aromatic rings. The number of hydrogen-bond donors (Lipinski definition) is 2. The lowest BCUT2D eigenvalue weighted by Crippen LogP contribution is -2.31. The predicted molar refractivity (Wildman–Crippen MR) is 76.8 cm³/mol. The number of amides is 1. The van der Waals surface area contributed by atoms with Gasteiger partial charge in [-0.05, 0) is 6.92 Å². The highest BCUT2D eigenvalue weighted by Gasteiger charge is 2.17. The van der Waals surface area contributed by atoms with Gasteiger partial charge in [0.2, 0.25) is 5.91 Å². The van der Waals surface area contributed by atoms with Gasteiger partial charge in [0, 0.05) is 7.05 Å². The Hall–Kier alpha value is -2.47. The molecule has 11 nitrogen and oxygen atoms in total. The molecular formula is C10H14N8O3S. The summed E-state index contributed by atoms with van der Waals surface area (Å²) < 4.78 is 3.12. The zero-order valence-electron chi connectivity index (χ0n) is 11.9. The summed E-state index contributed by atoms with van der Waals surface area (Å²) in [5.41, 5.74) is 2.32. The summed E-state index contributed by atoms with van der Waals surface area (Å²) >= 11 is 1.18. The molecule has 118 valence electrons. The zero-order chi connectivity index (χ0) is 16.3. The van der Waals surface area contributed by atoms with Crippen LogP contribution >= 0.6 is 11.8 Å². The van der Waals surface area contributed by atoms with Gasteiger partial charge in [0.1, 0.15) is 18.4 Å². The molecule has 0 saturated carbocycles. The van der Waals surface area contributed by atoms with Crippen LogP contribution in [-0.2, 0) is 18.4 Å². The fraction of sp³-hybridized carbons (Fsp3) is 0.400. The second-order valence-corrected chi connectivity index (χ2v) is 5.31. The van der Waals surface area contributed by atoms with Crippen molar-refractivity contribution in [3.8, 4) is 0 Å². The molecule has 0 unspecified atom stereocenters. The van der Waals surface area contributed by atoms with Crippen LogP contribution in [0.5, 0.6) is 0 Å². The van der Waals surface area contributed by atoms with E-state index in [1.807, 2.05) is 5.43 Å². The molecule has 0 radical (unpaired) electrons. The second kappa shape index (κ2) is 6.53. The summed E-state index contributed by atoms with van der Waals surface area (Å²) in [6.07, 6.45) is 1.35. The smallest absolute Gasteiger partial charge is 0.308 e. The molecule has 2 aromatic heterocycles.